The van der Waals surface area contributed by atoms with Crippen molar-refractivity contribution in [2.75, 3.05) is 6.26 Å². The molecule has 10 heteroatoms. The molecule has 0 fully saturated rings. The normalized spacial score (nSPS) is 13.1. The molecule has 0 amide bonds. The lowest BCUT2D eigenvalue weighted by Gasteiger charge is -2.16. The molecule has 1 aromatic carbocycles. The molecule has 6 nitrogen and oxygen atoms in total. The number of halogens is 2. The predicted octanol–water partition coefficient (Wildman–Crippen LogP) is 3.99. The van der Waals surface area contributed by atoms with Gasteiger partial charge >= 0.3 is 0 Å². The molecule has 3 aromatic rings. The first kappa shape index (κ1) is 19.9. The van der Waals surface area contributed by atoms with Gasteiger partial charge in [-0.25, -0.2) is 17.8 Å². The first-order valence-electron chi connectivity index (χ1n) is 7.90. The number of ether oxygens (including phenoxy) is 1. The fraction of sp³-hybridized carbons (Fsp3) is 0.294. The molecule has 0 aliphatic rings. The number of aromatic nitrogens is 3. The highest BCUT2D eigenvalue weighted by molar-refractivity contribution is 7.90. The molecule has 27 heavy (non-hydrogen) atoms. The average molecular weight is 430 g/mol. The van der Waals surface area contributed by atoms with Crippen LogP contribution in [0.4, 0.5) is 4.39 Å². The van der Waals surface area contributed by atoms with Crippen molar-refractivity contribution in [1.82, 2.24) is 14.3 Å². The molecule has 0 spiro atoms. The second-order valence-electron chi connectivity index (χ2n) is 6.11. The predicted molar refractivity (Wildman–Crippen MR) is 101 cm³/mol. The van der Waals surface area contributed by atoms with Crippen molar-refractivity contribution in [3.8, 4) is 0 Å². The topological polar surface area (TPSA) is 84.9 Å². The third-order valence-corrected chi connectivity index (χ3v) is 6.07. The second kappa shape index (κ2) is 7.67. The van der Waals surface area contributed by atoms with Gasteiger partial charge in [0.1, 0.15) is 17.7 Å². The third kappa shape index (κ3) is 4.55. The number of benzene rings is 1. The quantitative estimate of drug-likeness (QED) is 0.640. The van der Waals surface area contributed by atoms with Gasteiger partial charge in [0, 0.05) is 6.26 Å². The van der Waals surface area contributed by atoms with Gasteiger partial charge in [0.2, 0.25) is 0 Å². The van der Waals surface area contributed by atoms with Gasteiger partial charge in [-0.2, -0.15) is 4.37 Å². The number of nitrogens with zero attached hydrogens (tertiary/aromatic N) is 2. The summed E-state index contributed by atoms with van der Waals surface area (Å²) in [6.07, 6.45) is 0.349. The third-order valence-electron chi connectivity index (χ3n) is 3.79. The molecule has 0 aliphatic heterocycles. The SMILES string of the molecule is Cc1cc(COC(c2ccc(F)c(Cl)c2)c2nc(C)c(S(C)(=O)=O)[nH]2)sn1. The van der Waals surface area contributed by atoms with Crippen LogP contribution in [0.25, 0.3) is 0 Å². The summed E-state index contributed by atoms with van der Waals surface area (Å²) < 4.78 is 47.6. The number of hydrogen-bond acceptors (Lipinski definition) is 6. The maximum Gasteiger partial charge on any atom is 0.192 e. The van der Waals surface area contributed by atoms with E-state index in [1.54, 1.807) is 6.92 Å². The largest absolute Gasteiger partial charge is 0.360 e. The minimum Gasteiger partial charge on any atom is -0.360 e. The molecule has 0 radical (unpaired) electrons. The van der Waals surface area contributed by atoms with E-state index in [0.29, 0.717) is 17.1 Å². The zero-order valence-electron chi connectivity index (χ0n) is 14.8. The number of hydrogen-bond donors (Lipinski definition) is 1. The molecule has 0 saturated heterocycles. The maximum atomic E-state index is 13.6. The van der Waals surface area contributed by atoms with Gasteiger partial charge in [0.05, 0.1) is 27.9 Å². The first-order chi connectivity index (χ1) is 12.6. The summed E-state index contributed by atoms with van der Waals surface area (Å²) in [5, 5.41) is -0.0331. The van der Waals surface area contributed by atoms with Crippen LogP contribution in [-0.2, 0) is 21.2 Å². The fourth-order valence-electron chi connectivity index (χ4n) is 2.61. The highest BCUT2D eigenvalue weighted by Gasteiger charge is 2.24. The molecule has 3 rings (SSSR count). The van der Waals surface area contributed by atoms with Crippen molar-refractivity contribution in [1.29, 1.82) is 0 Å². The van der Waals surface area contributed by atoms with Gasteiger partial charge in [-0.15, -0.1) is 0 Å². The number of sulfone groups is 1. The van der Waals surface area contributed by atoms with E-state index in [2.05, 4.69) is 14.3 Å². The number of aryl methyl sites for hydroxylation is 2. The fourth-order valence-corrected chi connectivity index (χ4v) is 4.33. The van der Waals surface area contributed by atoms with E-state index in [1.165, 1.54) is 29.7 Å². The molecular weight excluding hydrogens is 413 g/mol. The van der Waals surface area contributed by atoms with Crippen LogP contribution in [0.3, 0.4) is 0 Å². The monoisotopic (exact) mass is 429 g/mol. The Bertz CT molecular complexity index is 1080. The Morgan fingerprint density at radius 1 is 1.33 bits per heavy atom. The van der Waals surface area contributed by atoms with Gasteiger partial charge in [0.25, 0.3) is 0 Å². The highest BCUT2D eigenvalue weighted by Crippen LogP contribution is 2.30. The summed E-state index contributed by atoms with van der Waals surface area (Å²) in [4.78, 5) is 8.04. The summed E-state index contributed by atoms with van der Waals surface area (Å²) in [7, 11) is -3.47. The van der Waals surface area contributed by atoms with Crippen LogP contribution < -0.4 is 0 Å². The van der Waals surface area contributed by atoms with Gasteiger partial charge in [-0.05, 0) is 49.1 Å². The molecule has 144 valence electrons. The number of rotatable bonds is 6. The zero-order chi connectivity index (χ0) is 19.8. The Labute approximate surface area is 165 Å². The molecule has 2 heterocycles. The Morgan fingerprint density at radius 2 is 2.07 bits per heavy atom. The van der Waals surface area contributed by atoms with Crippen LogP contribution in [0.15, 0.2) is 29.3 Å². The van der Waals surface area contributed by atoms with Crippen LogP contribution >= 0.6 is 23.1 Å². The number of nitrogens with one attached hydrogen (secondary N) is 1. The van der Waals surface area contributed by atoms with Crippen LogP contribution in [0.1, 0.15) is 33.8 Å². The first-order valence-corrected chi connectivity index (χ1v) is 10.9. The van der Waals surface area contributed by atoms with Crippen LogP contribution in [0.5, 0.6) is 0 Å². The van der Waals surface area contributed by atoms with E-state index >= 15 is 0 Å². The number of imidazole rings is 1. The summed E-state index contributed by atoms with van der Waals surface area (Å²) in [6, 6.07) is 6.10. The maximum absolute atomic E-state index is 13.6. The van der Waals surface area contributed by atoms with Gasteiger partial charge < -0.3 is 9.72 Å². The molecule has 0 bridgehead atoms. The Kier molecular flexibility index (Phi) is 5.66. The molecule has 1 unspecified atom stereocenters. The van der Waals surface area contributed by atoms with Crippen molar-refractivity contribution in [3.05, 3.63) is 62.8 Å². The summed E-state index contributed by atoms with van der Waals surface area (Å²) in [5.74, 6) is -0.249. The Morgan fingerprint density at radius 3 is 2.63 bits per heavy atom. The Hall–Kier alpha value is -1.81. The summed E-state index contributed by atoms with van der Waals surface area (Å²) >= 11 is 7.22. The minimum atomic E-state index is -3.47. The van der Waals surface area contributed by atoms with Crippen molar-refractivity contribution in [2.24, 2.45) is 0 Å². The van der Waals surface area contributed by atoms with Crippen molar-refractivity contribution >= 4 is 33.0 Å². The minimum absolute atomic E-state index is 0.0212. The van der Waals surface area contributed by atoms with E-state index < -0.39 is 21.8 Å². The zero-order valence-corrected chi connectivity index (χ0v) is 17.2. The Balaban J connectivity index is 2.00. The van der Waals surface area contributed by atoms with Crippen LogP contribution in [-0.4, -0.2) is 29.0 Å². The molecule has 2 aromatic heterocycles. The van der Waals surface area contributed by atoms with Gasteiger partial charge in [0.15, 0.2) is 14.9 Å². The number of aromatic amines is 1. The van der Waals surface area contributed by atoms with Crippen molar-refractivity contribution < 1.29 is 17.5 Å². The lowest BCUT2D eigenvalue weighted by atomic mass is 10.1. The van der Waals surface area contributed by atoms with E-state index in [4.69, 9.17) is 16.3 Å². The molecular formula is C17H17ClFN3O3S2. The van der Waals surface area contributed by atoms with Gasteiger partial charge in [-0.3, -0.25) is 0 Å². The molecule has 1 atom stereocenters. The lowest BCUT2D eigenvalue weighted by molar-refractivity contribution is 0.0630. The van der Waals surface area contributed by atoms with E-state index in [-0.39, 0.29) is 16.7 Å². The van der Waals surface area contributed by atoms with E-state index in [9.17, 15) is 12.8 Å². The summed E-state index contributed by atoms with van der Waals surface area (Å²) in [6.45, 7) is 3.71. The second-order valence-corrected chi connectivity index (χ2v) is 9.36. The highest BCUT2D eigenvalue weighted by atomic mass is 35.5. The standard InChI is InChI=1S/C17H17ClFN3O3S2/c1-9-6-12(26-22-9)8-25-15(11-4-5-14(19)13(18)7-11)16-20-10(2)17(21-16)27(3,23)24/h4-7,15H,8H2,1-3H3,(H,20,21). The number of H-pyrrole nitrogens is 1. The van der Waals surface area contributed by atoms with E-state index in [1.807, 2.05) is 13.0 Å². The van der Waals surface area contributed by atoms with Crippen LogP contribution in [0.2, 0.25) is 5.02 Å². The van der Waals surface area contributed by atoms with Crippen molar-refractivity contribution in [3.63, 3.8) is 0 Å². The lowest BCUT2D eigenvalue weighted by Crippen LogP contribution is -2.09. The smallest absolute Gasteiger partial charge is 0.192 e. The molecule has 1 N–H and O–H groups in total. The van der Waals surface area contributed by atoms with Crippen LogP contribution in [0, 0.1) is 19.7 Å². The van der Waals surface area contributed by atoms with Crippen molar-refractivity contribution in [2.45, 2.75) is 31.6 Å². The van der Waals surface area contributed by atoms with Gasteiger partial charge in [-0.1, -0.05) is 17.7 Å². The summed E-state index contributed by atoms with van der Waals surface area (Å²) in [5.41, 5.74) is 1.77. The molecule has 0 saturated carbocycles. The average Bonchev–Trinajstić information content (AvgIpc) is 3.16. The van der Waals surface area contributed by atoms with E-state index in [0.717, 1.165) is 16.8 Å². The molecule has 0 aliphatic carbocycles.